The maximum absolute atomic E-state index is 13.4. The fourth-order valence-corrected chi connectivity index (χ4v) is 5.19. The molecule has 1 saturated carbocycles. The van der Waals surface area contributed by atoms with E-state index in [0.29, 0.717) is 48.7 Å². The number of imidazole rings is 1. The Morgan fingerprint density at radius 1 is 1.11 bits per heavy atom. The molecule has 36 heavy (non-hydrogen) atoms. The van der Waals surface area contributed by atoms with Crippen LogP contribution in [0.1, 0.15) is 42.3 Å². The SMILES string of the molecule is CS(=O)(=O)c1cc(C2CC2)ccc1Nc1cc(Nc2cc3n(n2)CCOC3)nc2[nH]c(C(F)F)nc12. The molecule has 6 rings (SSSR count). The number of nitrogens with zero attached hydrogens (tertiary/aromatic N) is 4. The molecule has 3 N–H and O–H groups in total. The van der Waals surface area contributed by atoms with Crippen LogP contribution >= 0.6 is 0 Å². The number of benzene rings is 1. The van der Waals surface area contributed by atoms with E-state index in [1.165, 1.54) is 0 Å². The summed E-state index contributed by atoms with van der Waals surface area (Å²) in [4.78, 5) is 11.1. The molecule has 0 bridgehead atoms. The minimum absolute atomic E-state index is 0.126. The maximum Gasteiger partial charge on any atom is 0.295 e. The predicted octanol–water partition coefficient (Wildman–Crippen LogP) is 4.39. The van der Waals surface area contributed by atoms with Gasteiger partial charge in [-0.25, -0.2) is 27.2 Å². The normalized spacial score (nSPS) is 15.9. The van der Waals surface area contributed by atoms with E-state index in [9.17, 15) is 17.2 Å². The van der Waals surface area contributed by atoms with Crippen molar-refractivity contribution < 1.29 is 21.9 Å². The highest BCUT2D eigenvalue weighted by Gasteiger charge is 2.26. The number of hydrogen-bond donors (Lipinski definition) is 3. The quantitative estimate of drug-likeness (QED) is 0.331. The van der Waals surface area contributed by atoms with Crippen LogP contribution in [0.5, 0.6) is 0 Å². The molecule has 0 spiro atoms. The third-order valence-corrected chi connectivity index (χ3v) is 7.35. The molecule has 0 amide bonds. The van der Waals surface area contributed by atoms with Crippen molar-refractivity contribution >= 4 is 44.0 Å². The van der Waals surface area contributed by atoms with Gasteiger partial charge in [-0.1, -0.05) is 6.07 Å². The molecule has 2 aliphatic rings. The van der Waals surface area contributed by atoms with Crippen LogP contribution in [0.4, 0.5) is 31.8 Å². The highest BCUT2D eigenvalue weighted by atomic mass is 32.2. The van der Waals surface area contributed by atoms with Gasteiger partial charge in [0, 0.05) is 18.4 Å². The summed E-state index contributed by atoms with van der Waals surface area (Å²) < 4.78 is 59.3. The molecule has 1 aromatic carbocycles. The number of nitrogens with one attached hydrogen (secondary N) is 3. The van der Waals surface area contributed by atoms with Crippen molar-refractivity contribution in [3.05, 3.63) is 47.4 Å². The molecule has 188 valence electrons. The molecule has 3 aromatic heterocycles. The summed E-state index contributed by atoms with van der Waals surface area (Å²) in [5.74, 6) is 0.683. The van der Waals surface area contributed by atoms with E-state index in [4.69, 9.17) is 4.74 Å². The smallest absolute Gasteiger partial charge is 0.295 e. The van der Waals surface area contributed by atoms with E-state index in [2.05, 4.69) is 30.7 Å². The maximum atomic E-state index is 13.4. The lowest BCUT2D eigenvalue weighted by Crippen LogP contribution is -2.16. The van der Waals surface area contributed by atoms with Crippen LogP contribution < -0.4 is 10.6 Å². The lowest BCUT2D eigenvalue weighted by Gasteiger charge is -2.14. The Morgan fingerprint density at radius 2 is 1.94 bits per heavy atom. The highest BCUT2D eigenvalue weighted by molar-refractivity contribution is 7.90. The lowest BCUT2D eigenvalue weighted by molar-refractivity contribution is 0.0801. The van der Waals surface area contributed by atoms with Crippen LogP contribution in [0.25, 0.3) is 11.2 Å². The molecule has 0 saturated heterocycles. The number of sulfone groups is 1. The first-order valence-electron chi connectivity index (χ1n) is 11.5. The lowest BCUT2D eigenvalue weighted by atomic mass is 10.1. The number of aromatic nitrogens is 5. The van der Waals surface area contributed by atoms with Crippen molar-refractivity contribution in [1.82, 2.24) is 24.7 Å². The van der Waals surface area contributed by atoms with Gasteiger partial charge in [0.25, 0.3) is 6.43 Å². The zero-order valence-electron chi connectivity index (χ0n) is 19.3. The van der Waals surface area contributed by atoms with Crippen molar-refractivity contribution in [2.45, 2.75) is 43.2 Å². The molecule has 1 aliphatic carbocycles. The third kappa shape index (κ3) is 4.39. The number of aromatic amines is 1. The second kappa shape index (κ2) is 8.52. The van der Waals surface area contributed by atoms with E-state index >= 15 is 0 Å². The van der Waals surface area contributed by atoms with E-state index < -0.39 is 22.1 Å². The Hall–Kier alpha value is -3.58. The van der Waals surface area contributed by atoms with Crippen molar-refractivity contribution in [3.8, 4) is 0 Å². The number of hydrogen-bond acceptors (Lipinski definition) is 8. The molecule has 13 heteroatoms. The van der Waals surface area contributed by atoms with Gasteiger partial charge < -0.3 is 20.4 Å². The number of anilines is 4. The van der Waals surface area contributed by atoms with Crippen LogP contribution in [0.2, 0.25) is 0 Å². The molecule has 4 aromatic rings. The monoisotopic (exact) mass is 515 g/mol. The average Bonchev–Trinajstić information content (AvgIpc) is 3.45. The number of ether oxygens (including phenoxy) is 1. The minimum atomic E-state index is -3.57. The van der Waals surface area contributed by atoms with Crippen LogP contribution in [0.15, 0.2) is 35.2 Å². The summed E-state index contributed by atoms with van der Waals surface area (Å²) >= 11 is 0. The van der Waals surface area contributed by atoms with Gasteiger partial charge in [0.05, 0.1) is 41.7 Å². The number of halogens is 2. The second-order valence-electron chi connectivity index (χ2n) is 9.02. The van der Waals surface area contributed by atoms with Gasteiger partial charge in [-0.15, -0.1) is 0 Å². The van der Waals surface area contributed by atoms with Gasteiger partial charge in [0.1, 0.15) is 11.3 Å². The Balaban J connectivity index is 1.41. The summed E-state index contributed by atoms with van der Waals surface area (Å²) in [6.45, 7) is 1.64. The van der Waals surface area contributed by atoms with E-state index in [-0.39, 0.29) is 16.1 Å². The van der Waals surface area contributed by atoms with Crippen LogP contribution in [-0.2, 0) is 27.7 Å². The second-order valence-corrected chi connectivity index (χ2v) is 11.0. The largest absolute Gasteiger partial charge is 0.373 e. The molecular weight excluding hydrogens is 492 g/mol. The first-order chi connectivity index (χ1) is 17.2. The number of alkyl halides is 2. The molecule has 0 radical (unpaired) electrons. The number of H-pyrrole nitrogens is 1. The summed E-state index contributed by atoms with van der Waals surface area (Å²) in [6.07, 6.45) is 0.382. The molecule has 1 aliphatic heterocycles. The average molecular weight is 516 g/mol. The molecular formula is C23H23F2N7O3S. The van der Waals surface area contributed by atoms with E-state index in [1.54, 1.807) is 18.2 Å². The van der Waals surface area contributed by atoms with Crippen molar-refractivity contribution in [2.24, 2.45) is 0 Å². The predicted molar refractivity (Wildman–Crippen MR) is 129 cm³/mol. The molecule has 4 heterocycles. The summed E-state index contributed by atoms with van der Waals surface area (Å²) in [5, 5.41) is 10.7. The van der Waals surface area contributed by atoms with Gasteiger partial charge in [0.2, 0.25) is 0 Å². The first kappa shape index (κ1) is 22.9. The van der Waals surface area contributed by atoms with E-state index in [0.717, 1.165) is 30.4 Å². The summed E-state index contributed by atoms with van der Waals surface area (Å²) in [5.41, 5.74) is 2.81. The topological polar surface area (TPSA) is 127 Å². The Kier molecular flexibility index (Phi) is 5.41. The van der Waals surface area contributed by atoms with Crippen molar-refractivity contribution in [3.63, 3.8) is 0 Å². The van der Waals surface area contributed by atoms with Crippen molar-refractivity contribution in [2.75, 3.05) is 23.5 Å². The minimum Gasteiger partial charge on any atom is -0.373 e. The summed E-state index contributed by atoms with van der Waals surface area (Å²) in [6, 6.07) is 8.69. The van der Waals surface area contributed by atoms with Crippen LogP contribution in [-0.4, -0.2) is 46.0 Å². The highest BCUT2D eigenvalue weighted by Crippen LogP contribution is 2.42. The van der Waals surface area contributed by atoms with Gasteiger partial charge in [0.15, 0.2) is 27.1 Å². The van der Waals surface area contributed by atoms with Gasteiger partial charge in [-0.2, -0.15) is 5.10 Å². The first-order valence-corrected chi connectivity index (χ1v) is 13.3. The van der Waals surface area contributed by atoms with Crippen LogP contribution in [0, 0.1) is 0 Å². The molecule has 0 atom stereocenters. The van der Waals surface area contributed by atoms with E-state index in [1.807, 2.05) is 16.8 Å². The Morgan fingerprint density at radius 3 is 2.67 bits per heavy atom. The number of fused-ring (bicyclic) bond motifs is 2. The van der Waals surface area contributed by atoms with Crippen molar-refractivity contribution in [1.29, 1.82) is 0 Å². The Labute approximate surface area is 205 Å². The fourth-order valence-electron chi connectivity index (χ4n) is 4.32. The van der Waals surface area contributed by atoms with Crippen LogP contribution in [0.3, 0.4) is 0 Å². The fraction of sp³-hybridized carbons (Fsp3) is 0.348. The number of rotatable bonds is 7. The molecule has 1 fully saturated rings. The van der Waals surface area contributed by atoms with Gasteiger partial charge >= 0.3 is 0 Å². The van der Waals surface area contributed by atoms with Gasteiger partial charge in [-0.3, -0.25) is 4.68 Å². The zero-order chi connectivity index (χ0) is 25.0. The molecule has 0 unspecified atom stereocenters. The zero-order valence-corrected chi connectivity index (χ0v) is 20.1. The molecule has 10 nitrogen and oxygen atoms in total. The third-order valence-electron chi connectivity index (χ3n) is 6.22. The summed E-state index contributed by atoms with van der Waals surface area (Å²) in [7, 11) is -3.57. The number of pyridine rings is 1. The Bertz CT molecular complexity index is 1550. The standard InChI is InChI=1S/C23H23F2N7O3S/c1-36(33,34)17-8-13(12-2-3-12)4-5-15(17)26-16-10-18(28-22-20(16)29-23(30-22)21(24)25)27-19-9-14-11-35-7-6-32(14)31-19/h4-5,8-10,12,21H,2-3,6-7,11H2,1H3,(H3,26,27,28,29,30,31). The van der Waals surface area contributed by atoms with Gasteiger partial charge in [-0.05, 0) is 36.5 Å².